The Labute approximate surface area is 106 Å². The third-order valence-corrected chi connectivity index (χ3v) is 3.35. The summed E-state index contributed by atoms with van der Waals surface area (Å²) >= 11 is 0. The van der Waals surface area contributed by atoms with E-state index in [1.807, 2.05) is 37.3 Å². The lowest BCUT2D eigenvalue weighted by atomic mass is 9.95. The van der Waals surface area contributed by atoms with Crippen molar-refractivity contribution in [3.8, 4) is 5.75 Å². The van der Waals surface area contributed by atoms with Crippen LogP contribution in [0.15, 0.2) is 42.5 Å². The van der Waals surface area contributed by atoms with Gasteiger partial charge in [0.2, 0.25) is 0 Å². The van der Waals surface area contributed by atoms with Gasteiger partial charge in [0.15, 0.2) is 0 Å². The Kier molecular flexibility index (Phi) is 2.34. The van der Waals surface area contributed by atoms with E-state index in [0.717, 1.165) is 32.3 Å². The standard InChI is InChI=1S/C17H14O/c1-3-4-12-7-9-14-15(18)10-8-13-6-5-11(2)16(12)17(13)14/h3-10,18H,2H2,1H3/b4-3-. The van der Waals surface area contributed by atoms with Crippen LogP contribution < -0.4 is 5.22 Å². The van der Waals surface area contributed by atoms with Gasteiger partial charge in [0.1, 0.15) is 5.75 Å². The van der Waals surface area contributed by atoms with Gasteiger partial charge in [-0.05, 0) is 34.5 Å². The van der Waals surface area contributed by atoms with Crippen LogP contribution in [0.1, 0.15) is 12.5 Å². The first-order chi connectivity index (χ1) is 8.72. The van der Waals surface area contributed by atoms with E-state index >= 15 is 0 Å². The highest BCUT2D eigenvalue weighted by Gasteiger charge is 2.08. The Morgan fingerprint density at radius 3 is 2.56 bits per heavy atom. The first-order valence-electron chi connectivity index (χ1n) is 6.01. The number of hydrogen-bond donors (Lipinski definition) is 1. The second kappa shape index (κ2) is 3.88. The van der Waals surface area contributed by atoms with Crippen molar-refractivity contribution in [3.05, 3.63) is 53.3 Å². The minimum absolute atomic E-state index is 0.324. The third-order valence-electron chi connectivity index (χ3n) is 3.35. The Bertz CT molecular complexity index is 813. The van der Waals surface area contributed by atoms with Crippen molar-refractivity contribution in [2.75, 3.05) is 0 Å². The Morgan fingerprint density at radius 2 is 1.78 bits per heavy atom. The van der Waals surface area contributed by atoms with Crippen LogP contribution in [0, 0.1) is 0 Å². The molecule has 0 spiro atoms. The van der Waals surface area contributed by atoms with Crippen molar-refractivity contribution < 1.29 is 5.11 Å². The Morgan fingerprint density at radius 1 is 1.00 bits per heavy atom. The predicted molar refractivity (Wildman–Crippen MR) is 78.6 cm³/mol. The van der Waals surface area contributed by atoms with Crippen molar-refractivity contribution in [3.63, 3.8) is 0 Å². The maximum atomic E-state index is 9.97. The molecule has 0 bridgehead atoms. The van der Waals surface area contributed by atoms with Crippen LogP contribution in [0.3, 0.4) is 0 Å². The molecular weight excluding hydrogens is 220 g/mol. The summed E-state index contributed by atoms with van der Waals surface area (Å²) in [5, 5.41) is 15.2. The van der Waals surface area contributed by atoms with Gasteiger partial charge in [0.25, 0.3) is 0 Å². The van der Waals surface area contributed by atoms with Crippen LogP contribution >= 0.6 is 0 Å². The number of phenols is 1. The number of phenolic OH excluding ortho intramolecular Hbond substituents is 1. The molecule has 0 unspecified atom stereocenters. The molecule has 18 heavy (non-hydrogen) atoms. The van der Waals surface area contributed by atoms with Crippen LogP contribution in [0.2, 0.25) is 0 Å². The molecule has 3 rings (SSSR count). The molecule has 88 valence electrons. The van der Waals surface area contributed by atoms with Gasteiger partial charge < -0.3 is 5.11 Å². The third kappa shape index (κ3) is 1.41. The van der Waals surface area contributed by atoms with E-state index in [1.54, 1.807) is 6.07 Å². The van der Waals surface area contributed by atoms with Crippen molar-refractivity contribution in [1.82, 2.24) is 0 Å². The molecule has 1 nitrogen and oxygen atoms in total. The summed E-state index contributed by atoms with van der Waals surface area (Å²) in [7, 11) is 0. The average Bonchev–Trinajstić information content (AvgIpc) is 2.37. The number of rotatable bonds is 1. The molecule has 3 aromatic carbocycles. The summed E-state index contributed by atoms with van der Waals surface area (Å²) in [4.78, 5) is 0. The highest BCUT2D eigenvalue weighted by Crippen LogP contribution is 2.33. The molecule has 0 amide bonds. The van der Waals surface area contributed by atoms with Gasteiger partial charge in [0.05, 0.1) is 0 Å². The van der Waals surface area contributed by atoms with Gasteiger partial charge in [-0.25, -0.2) is 0 Å². The molecule has 0 aliphatic carbocycles. The number of benzene rings is 3. The molecule has 0 heterocycles. The van der Waals surface area contributed by atoms with E-state index in [9.17, 15) is 5.11 Å². The molecular formula is C17H14O. The summed E-state index contributed by atoms with van der Waals surface area (Å²) in [6.45, 7) is 6.11. The highest BCUT2D eigenvalue weighted by atomic mass is 16.3. The zero-order valence-electron chi connectivity index (χ0n) is 10.3. The molecule has 1 N–H and O–H groups in total. The lowest BCUT2D eigenvalue weighted by Gasteiger charge is -2.10. The lowest BCUT2D eigenvalue weighted by molar-refractivity contribution is 0.482. The van der Waals surface area contributed by atoms with Crippen molar-refractivity contribution in [2.24, 2.45) is 0 Å². The first kappa shape index (κ1) is 10.8. The second-order valence-electron chi connectivity index (χ2n) is 4.48. The van der Waals surface area contributed by atoms with Crippen molar-refractivity contribution in [2.45, 2.75) is 6.92 Å². The van der Waals surface area contributed by atoms with Crippen molar-refractivity contribution >= 4 is 34.2 Å². The van der Waals surface area contributed by atoms with E-state index < -0.39 is 0 Å². The van der Waals surface area contributed by atoms with Gasteiger partial charge in [0, 0.05) is 10.8 Å². The highest BCUT2D eigenvalue weighted by molar-refractivity contribution is 6.14. The lowest BCUT2D eigenvalue weighted by Crippen LogP contribution is -2.01. The fraction of sp³-hybridized carbons (Fsp3) is 0.0588. The molecule has 0 fully saturated rings. The minimum Gasteiger partial charge on any atom is -0.507 e. The molecule has 0 aromatic heterocycles. The Balaban J connectivity index is 2.66. The van der Waals surface area contributed by atoms with Crippen LogP contribution in [0.5, 0.6) is 5.75 Å². The monoisotopic (exact) mass is 234 g/mol. The smallest absolute Gasteiger partial charge is 0.123 e. The maximum Gasteiger partial charge on any atom is 0.123 e. The average molecular weight is 234 g/mol. The maximum absolute atomic E-state index is 9.97. The van der Waals surface area contributed by atoms with Gasteiger partial charge >= 0.3 is 0 Å². The van der Waals surface area contributed by atoms with Crippen LogP contribution in [0.25, 0.3) is 34.2 Å². The van der Waals surface area contributed by atoms with Gasteiger partial charge in [-0.15, -0.1) is 0 Å². The Hall–Kier alpha value is -2.28. The zero-order chi connectivity index (χ0) is 12.7. The minimum atomic E-state index is 0.324. The molecule has 0 aliphatic heterocycles. The topological polar surface area (TPSA) is 20.2 Å². The molecule has 0 atom stereocenters. The fourth-order valence-electron chi connectivity index (χ4n) is 2.55. The number of aromatic hydroxyl groups is 1. The van der Waals surface area contributed by atoms with Crippen LogP contribution in [-0.2, 0) is 0 Å². The quantitative estimate of drug-likeness (QED) is 0.678. The van der Waals surface area contributed by atoms with Crippen LogP contribution in [0.4, 0.5) is 0 Å². The summed E-state index contributed by atoms with van der Waals surface area (Å²) < 4.78 is 0. The summed E-state index contributed by atoms with van der Waals surface area (Å²) in [5.74, 6) is 0.324. The normalized spacial score (nSPS) is 11.8. The van der Waals surface area contributed by atoms with E-state index in [0.29, 0.717) is 5.75 Å². The van der Waals surface area contributed by atoms with Gasteiger partial charge in [-0.2, -0.15) is 0 Å². The molecule has 0 aliphatic rings. The van der Waals surface area contributed by atoms with Crippen molar-refractivity contribution in [1.29, 1.82) is 0 Å². The molecule has 1 heteroatoms. The molecule has 0 radical (unpaired) electrons. The predicted octanol–water partition coefficient (Wildman–Crippen LogP) is 3.86. The van der Waals surface area contributed by atoms with Gasteiger partial charge in [-0.3, -0.25) is 0 Å². The summed E-state index contributed by atoms with van der Waals surface area (Å²) in [6.07, 6.45) is 4.10. The fourth-order valence-corrected chi connectivity index (χ4v) is 2.55. The van der Waals surface area contributed by atoms with E-state index in [2.05, 4.69) is 18.7 Å². The van der Waals surface area contributed by atoms with E-state index in [4.69, 9.17) is 0 Å². The summed E-state index contributed by atoms with van der Waals surface area (Å²) in [6, 6.07) is 11.8. The second-order valence-corrected chi connectivity index (χ2v) is 4.48. The largest absolute Gasteiger partial charge is 0.507 e. The van der Waals surface area contributed by atoms with E-state index in [-0.39, 0.29) is 0 Å². The zero-order valence-corrected chi connectivity index (χ0v) is 10.3. The number of allylic oxidation sites excluding steroid dienone is 1. The number of hydrogen-bond acceptors (Lipinski definition) is 1. The molecule has 3 aromatic rings. The van der Waals surface area contributed by atoms with Gasteiger partial charge in [-0.1, -0.05) is 49.1 Å². The summed E-state index contributed by atoms with van der Waals surface area (Å²) in [5.41, 5.74) is 1.14. The van der Waals surface area contributed by atoms with E-state index in [1.165, 1.54) is 0 Å². The van der Waals surface area contributed by atoms with Crippen LogP contribution in [-0.4, -0.2) is 5.11 Å². The molecule has 0 saturated heterocycles. The first-order valence-corrected chi connectivity index (χ1v) is 6.01. The SMILES string of the molecule is C=c1ccc2ccc(O)c3ccc(/C=C\C)c1c23. The molecule has 0 saturated carbocycles.